The Morgan fingerprint density at radius 3 is 2.82 bits per heavy atom. The van der Waals surface area contributed by atoms with Gasteiger partial charge >= 0.3 is 0 Å². The van der Waals surface area contributed by atoms with E-state index in [0.717, 1.165) is 5.52 Å². The van der Waals surface area contributed by atoms with E-state index in [4.69, 9.17) is 4.74 Å². The number of piperidine rings is 1. The maximum absolute atomic E-state index is 12.4. The van der Waals surface area contributed by atoms with Gasteiger partial charge in [-0.3, -0.25) is 4.79 Å². The molecule has 1 amide bonds. The second-order valence-electron chi connectivity index (χ2n) is 7.31. The van der Waals surface area contributed by atoms with Gasteiger partial charge < -0.3 is 14.2 Å². The van der Waals surface area contributed by atoms with E-state index in [1.807, 2.05) is 33.7 Å². The van der Waals surface area contributed by atoms with Crippen LogP contribution in [0.25, 0.3) is 11.0 Å². The highest BCUT2D eigenvalue weighted by atomic mass is 32.2. The monoisotopic (exact) mass is 405 g/mol. The Labute approximate surface area is 165 Å². The quantitative estimate of drug-likeness (QED) is 0.522. The molecule has 2 heterocycles. The molecule has 3 rings (SSSR count). The molecule has 1 aliphatic rings. The number of ether oxygens (including phenoxy) is 1. The molecule has 0 bridgehead atoms. The smallest absolute Gasteiger partial charge is 0.228 e. The van der Waals surface area contributed by atoms with E-state index in [9.17, 15) is 13.2 Å². The number of imidazole rings is 1. The van der Waals surface area contributed by atoms with E-state index in [2.05, 4.69) is 18.5 Å². The number of amides is 1. The van der Waals surface area contributed by atoms with Gasteiger partial charge in [-0.2, -0.15) is 0 Å². The minimum absolute atomic E-state index is 0.0295. The second kappa shape index (κ2) is 8.45. The van der Waals surface area contributed by atoms with E-state index in [1.165, 1.54) is 6.26 Å². The van der Waals surface area contributed by atoms with Crippen molar-refractivity contribution in [3.63, 3.8) is 0 Å². The van der Waals surface area contributed by atoms with Crippen LogP contribution in [0, 0.1) is 5.92 Å². The Balaban J connectivity index is 1.80. The lowest BCUT2D eigenvalue weighted by molar-refractivity contribution is -0.134. The predicted molar refractivity (Wildman–Crippen MR) is 108 cm³/mol. The van der Waals surface area contributed by atoms with E-state index in [-0.39, 0.29) is 23.0 Å². The minimum atomic E-state index is -3.47. The topological polar surface area (TPSA) is 81.5 Å². The Hall–Kier alpha value is -2.19. The summed E-state index contributed by atoms with van der Waals surface area (Å²) in [7, 11) is -3.47. The number of benzene rings is 1. The lowest BCUT2D eigenvalue weighted by Gasteiger charge is -2.38. The number of carbonyl (C=O) groups is 1. The molecule has 1 aromatic heterocycles. The molecule has 1 aromatic carbocycles. The van der Waals surface area contributed by atoms with Gasteiger partial charge in [-0.1, -0.05) is 25.1 Å². The van der Waals surface area contributed by atoms with E-state index in [1.54, 1.807) is 6.08 Å². The number of sulfone groups is 1. The van der Waals surface area contributed by atoms with Gasteiger partial charge in [0.1, 0.15) is 0 Å². The Kier molecular flexibility index (Phi) is 6.20. The fourth-order valence-electron chi connectivity index (χ4n) is 3.83. The van der Waals surface area contributed by atoms with Crippen molar-refractivity contribution in [1.29, 1.82) is 0 Å². The molecular formula is C20H27N3O4S. The average Bonchev–Trinajstić information content (AvgIpc) is 3.05. The molecule has 0 unspecified atom stereocenters. The van der Waals surface area contributed by atoms with Crippen molar-refractivity contribution in [2.45, 2.75) is 31.0 Å². The van der Waals surface area contributed by atoms with E-state index < -0.39 is 9.84 Å². The van der Waals surface area contributed by atoms with Gasteiger partial charge in [0, 0.05) is 25.4 Å². The highest BCUT2D eigenvalue weighted by molar-refractivity contribution is 7.90. The van der Waals surface area contributed by atoms with Gasteiger partial charge in [-0.15, -0.1) is 6.58 Å². The number of aromatic nitrogens is 2. The molecule has 7 nitrogen and oxygen atoms in total. The highest BCUT2D eigenvalue weighted by Crippen LogP contribution is 2.34. The van der Waals surface area contributed by atoms with Crippen molar-refractivity contribution < 1.29 is 17.9 Å². The van der Waals surface area contributed by atoms with Gasteiger partial charge in [0.2, 0.25) is 20.9 Å². The second-order valence-corrected chi connectivity index (χ2v) is 9.22. The molecule has 1 saturated heterocycles. The first-order valence-corrected chi connectivity index (χ1v) is 11.4. The molecule has 152 valence electrons. The van der Waals surface area contributed by atoms with Crippen LogP contribution in [0.15, 0.2) is 42.1 Å². The van der Waals surface area contributed by atoms with Gasteiger partial charge in [0.05, 0.1) is 30.7 Å². The number of nitrogens with zero attached hydrogens (tertiary/aromatic N) is 3. The molecule has 28 heavy (non-hydrogen) atoms. The normalized spacial score (nSPS) is 20.4. The van der Waals surface area contributed by atoms with Crippen LogP contribution in [0.4, 0.5) is 0 Å². The fraction of sp³-hybridized carbons (Fsp3) is 0.500. The number of para-hydroxylation sites is 2. The zero-order valence-electron chi connectivity index (χ0n) is 16.4. The number of hydrogen-bond donors (Lipinski definition) is 0. The number of fused-ring (bicyclic) bond motifs is 1. The van der Waals surface area contributed by atoms with Crippen LogP contribution < -0.4 is 0 Å². The lowest BCUT2D eigenvalue weighted by Crippen LogP contribution is -2.44. The Morgan fingerprint density at radius 1 is 1.39 bits per heavy atom. The SMILES string of the molecule is C=CCOCCC(=O)N1CC[C@@H](n2c(S(C)(=O)=O)nc3ccccc32)[C@H](C)C1. The Bertz CT molecular complexity index is 967. The minimum Gasteiger partial charge on any atom is -0.377 e. The van der Waals surface area contributed by atoms with Gasteiger partial charge in [-0.25, -0.2) is 13.4 Å². The summed E-state index contributed by atoms with van der Waals surface area (Å²) >= 11 is 0. The molecule has 0 saturated carbocycles. The molecular weight excluding hydrogens is 378 g/mol. The number of likely N-dealkylation sites (tertiary alicyclic amines) is 1. The van der Waals surface area contributed by atoms with Crippen LogP contribution in [-0.4, -0.2) is 61.3 Å². The summed E-state index contributed by atoms with van der Waals surface area (Å²) in [5.41, 5.74) is 1.49. The summed E-state index contributed by atoms with van der Waals surface area (Å²) in [6.07, 6.45) is 3.88. The van der Waals surface area contributed by atoms with Gasteiger partial charge in [-0.05, 0) is 24.5 Å². The van der Waals surface area contributed by atoms with Crippen molar-refractivity contribution in [2.75, 3.05) is 32.6 Å². The van der Waals surface area contributed by atoms with Crippen LogP contribution in [0.2, 0.25) is 0 Å². The predicted octanol–water partition coefficient (Wildman–Crippen LogP) is 2.44. The maximum atomic E-state index is 12.4. The average molecular weight is 406 g/mol. The highest BCUT2D eigenvalue weighted by Gasteiger charge is 2.33. The van der Waals surface area contributed by atoms with E-state index in [0.29, 0.717) is 44.7 Å². The standard InChI is InChI=1S/C20H27N3O4S/c1-4-12-27-13-10-19(24)22-11-9-17(15(2)14-22)23-18-8-6-5-7-16(18)21-20(23)28(3,25)26/h4-8,15,17H,1,9-14H2,2-3H3/t15-,17-/m1/s1. The van der Waals surface area contributed by atoms with E-state index >= 15 is 0 Å². The molecule has 0 aliphatic carbocycles. The van der Waals surface area contributed by atoms with Gasteiger partial charge in [0.15, 0.2) is 0 Å². The van der Waals surface area contributed by atoms with Crippen LogP contribution in [0.3, 0.4) is 0 Å². The molecule has 1 fully saturated rings. The summed E-state index contributed by atoms with van der Waals surface area (Å²) < 4.78 is 31.9. The molecule has 0 radical (unpaired) electrons. The van der Waals surface area contributed by atoms with Crippen LogP contribution >= 0.6 is 0 Å². The Morgan fingerprint density at radius 2 is 2.14 bits per heavy atom. The zero-order valence-corrected chi connectivity index (χ0v) is 17.2. The van der Waals surface area contributed by atoms with Crippen molar-refractivity contribution in [3.05, 3.63) is 36.9 Å². The summed E-state index contributed by atoms with van der Waals surface area (Å²) in [6.45, 7) is 7.63. The third-order valence-electron chi connectivity index (χ3n) is 5.14. The first kappa shape index (κ1) is 20.5. The first-order valence-electron chi connectivity index (χ1n) is 9.46. The largest absolute Gasteiger partial charge is 0.377 e. The molecule has 0 N–H and O–H groups in total. The summed E-state index contributed by atoms with van der Waals surface area (Å²) in [5, 5.41) is 0.100. The van der Waals surface area contributed by atoms with Crippen molar-refractivity contribution in [3.8, 4) is 0 Å². The van der Waals surface area contributed by atoms with Gasteiger partial charge in [0.25, 0.3) is 0 Å². The van der Waals surface area contributed by atoms with Crippen molar-refractivity contribution in [1.82, 2.24) is 14.5 Å². The number of hydrogen-bond acceptors (Lipinski definition) is 5. The van der Waals surface area contributed by atoms with Crippen LogP contribution in [0.5, 0.6) is 0 Å². The molecule has 1 aliphatic heterocycles. The molecule has 8 heteroatoms. The summed E-state index contributed by atoms with van der Waals surface area (Å²) in [5.74, 6) is 0.165. The third-order valence-corrected chi connectivity index (χ3v) is 6.09. The third kappa shape index (κ3) is 4.28. The molecule has 2 atom stereocenters. The summed E-state index contributed by atoms with van der Waals surface area (Å²) in [4.78, 5) is 18.7. The number of rotatable bonds is 7. The van der Waals surface area contributed by atoms with Crippen molar-refractivity contribution >= 4 is 26.8 Å². The maximum Gasteiger partial charge on any atom is 0.228 e. The summed E-state index contributed by atoms with van der Waals surface area (Å²) in [6, 6.07) is 7.44. The lowest BCUT2D eigenvalue weighted by atomic mass is 9.93. The van der Waals surface area contributed by atoms with Crippen LogP contribution in [0.1, 0.15) is 25.8 Å². The number of carbonyl (C=O) groups excluding carboxylic acids is 1. The molecule has 0 spiro atoms. The first-order chi connectivity index (χ1) is 13.3. The van der Waals surface area contributed by atoms with Crippen molar-refractivity contribution in [2.24, 2.45) is 5.92 Å². The van der Waals surface area contributed by atoms with Crippen LogP contribution in [-0.2, 0) is 19.4 Å². The zero-order chi connectivity index (χ0) is 20.3. The fourth-order valence-corrected chi connectivity index (χ4v) is 4.69. The molecule has 2 aromatic rings.